The second-order valence-electron chi connectivity index (χ2n) is 6.15. The zero-order valence-electron chi connectivity index (χ0n) is 14.1. The highest BCUT2D eigenvalue weighted by Crippen LogP contribution is 2.12. The Morgan fingerprint density at radius 1 is 1.04 bits per heavy atom. The van der Waals surface area contributed by atoms with E-state index in [1.165, 1.54) is 19.1 Å². The highest BCUT2D eigenvalue weighted by atomic mass is 16.4. The fraction of sp³-hybridized carbons (Fsp3) is 0.471. The van der Waals surface area contributed by atoms with Gasteiger partial charge in [-0.25, -0.2) is 4.79 Å². The van der Waals surface area contributed by atoms with Crippen LogP contribution in [0.4, 0.5) is 0 Å². The minimum atomic E-state index is -1.16. The van der Waals surface area contributed by atoms with Crippen molar-refractivity contribution < 1.29 is 24.6 Å². The van der Waals surface area contributed by atoms with Crippen LogP contribution in [0.1, 0.15) is 32.8 Å². The number of phenols is 1. The topological polar surface area (TPSA) is 116 Å². The first-order valence-electron chi connectivity index (χ1n) is 7.77. The molecule has 1 aromatic carbocycles. The Labute approximate surface area is 141 Å². The van der Waals surface area contributed by atoms with Crippen LogP contribution >= 0.6 is 0 Å². The van der Waals surface area contributed by atoms with Crippen LogP contribution in [0, 0.1) is 5.92 Å². The van der Waals surface area contributed by atoms with Gasteiger partial charge in [-0.05, 0) is 30.0 Å². The molecule has 0 aromatic heterocycles. The molecule has 0 aliphatic carbocycles. The Morgan fingerprint density at radius 3 is 2.08 bits per heavy atom. The maximum atomic E-state index is 12.3. The summed E-state index contributed by atoms with van der Waals surface area (Å²) in [5, 5.41) is 23.6. The molecule has 7 nitrogen and oxygen atoms in total. The van der Waals surface area contributed by atoms with E-state index in [1.807, 2.05) is 13.8 Å². The van der Waals surface area contributed by atoms with Gasteiger partial charge in [-0.3, -0.25) is 9.59 Å². The van der Waals surface area contributed by atoms with Gasteiger partial charge in [-0.2, -0.15) is 0 Å². The van der Waals surface area contributed by atoms with Gasteiger partial charge in [0.2, 0.25) is 11.8 Å². The summed E-state index contributed by atoms with van der Waals surface area (Å²) in [5.41, 5.74) is 0.667. The second-order valence-corrected chi connectivity index (χ2v) is 6.15. The predicted octanol–water partition coefficient (Wildman–Crippen LogP) is 1.05. The first-order chi connectivity index (χ1) is 11.2. The van der Waals surface area contributed by atoms with Crippen LogP contribution in [-0.2, 0) is 20.8 Å². The average molecular weight is 336 g/mol. The summed E-state index contributed by atoms with van der Waals surface area (Å²) in [6.45, 7) is 5.13. The van der Waals surface area contributed by atoms with Crippen molar-refractivity contribution in [3.63, 3.8) is 0 Å². The van der Waals surface area contributed by atoms with Crippen molar-refractivity contribution in [1.82, 2.24) is 10.6 Å². The fourth-order valence-electron chi connectivity index (χ4n) is 2.29. The van der Waals surface area contributed by atoms with Crippen molar-refractivity contribution >= 4 is 17.8 Å². The Hall–Kier alpha value is -2.57. The molecule has 2 atom stereocenters. The third kappa shape index (κ3) is 6.68. The number of carbonyl (C=O) groups is 3. The smallest absolute Gasteiger partial charge is 0.326 e. The molecule has 0 fully saturated rings. The van der Waals surface area contributed by atoms with Gasteiger partial charge in [0.05, 0.1) is 0 Å². The molecule has 2 amide bonds. The summed E-state index contributed by atoms with van der Waals surface area (Å²) in [7, 11) is 0. The lowest BCUT2D eigenvalue weighted by Crippen LogP contribution is -2.52. The van der Waals surface area contributed by atoms with Gasteiger partial charge in [0.1, 0.15) is 17.8 Å². The first-order valence-corrected chi connectivity index (χ1v) is 7.77. The maximum Gasteiger partial charge on any atom is 0.326 e. The highest BCUT2D eigenvalue weighted by Gasteiger charge is 2.26. The molecule has 0 heterocycles. The van der Waals surface area contributed by atoms with Crippen LogP contribution in [0.2, 0.25) is 0 Å². The summed E-state index contributed by atoms with van der Waals surface area (Å²) in [5.74, 6) is -1.79. The molecule has 0 saturated heterocycles. The van der Waals surface area contributed by atoms with Crippen molar-refractivity contribution in [3.8, 4) is 5.75 Å². The zero-order valence-corrected chi connectivity index (χ0v) is 14.1. The number of amides is 2. The Kier molecular flexibility index (Phi) is 7.23. The lowest BCUT2D eigenvalue weighted by atomic mass is 10.0. The number of benzene rings is 1. The van der Waals surface area contributed by atoms with Crippen molar-refractivity contribution in [3.05, 3.63) is 29.8 Å². The molecule has 0 bridgehead atoms. The van der Waals surface area contributed by atoms with Gasteiger partial charge in [0.25, 0.3) is 0 Å². The molecule has 0 radical (unpaired) electrons. The second kappa shape index (κ2) is 8.90. The van der Waals surface area contributed by atoms with E-state index in [0.29, 0.717) is 12.0 Å². The van der Waals surface area contributed by atoms with E-state index >= 15 is 0 Å². The Balaban J connectivity index is 2.80. The van der Waals surface area contributed by atoms with E-state index in [1.54, 1.807) is 12.1 Å². The number of rotatable bonds is 8. The van der Waals surface area contributed by atoms with Gasteiger partial charge < -0.3 is 20.8 Å². The van der Waals surface area contributed by atoms with Crippen molar-refractivity contribution in [2.45, 2.75) is 45.7 Å². The van der Waals surface area contributed by atoms with Crippen molar-refractivity contribution in [1.29, 1.82) is 0 Å². The third-order valence-electron chi connectivity index (χ3n) is 3.39. The van der Waals surface area contributed by atoms with Crippen molar-refractivity contribution in [2.75, 3.05) is 0 Å². The van der Waals surface area contributed by atoms with E-state index in [2.05, 4.69) is 10.6 Å². The number of phenolic OH excluding ortho intramolecular Hbond substituents is 1. The molecule has 1 aromatic rings. The van der Waals surface area contributed by atoms with Gasteiger partial charge >= 0.3 is 5.97 Å². The number of aromatic hydroxyl groups is 1. The van der Waals surface area contributed by atoms with E-state index in [-0.39, 0.29) is 24.0 Å². The lowest BCUT2D eigenvalue weighted by Gasteiger charge is -2.22. The Morgan fingerprint density at radius 2 is 1.62 bits per heavy atom. The monoisotopic (exact) mass is 336 g/mol. The van der Waals surface area contributed by atoms with Gasteiger partial charge in [-0.1, -0.05) is 26.0 Å². The average Bonchev–Trinajstić information content (AvgIpc) is 2.46. The van der Waals surface area contributed by atoms with E-state index < -0.39 is 24.0 Å². The molecular formula is C17H24N2O5. The number of carboxylic acid groups (broad SMARTS) is 1. The van der Waals surface area contributed by atoms with Crippen LogP contribution in [0.15, 0.2) is 24.3 Å². The highest BCUT2D eigenvalue weighted by molar-refractivity contribution is 5.90. The molecule has 4 N–H and O–H groups in total. The molecule has 1 rings (SSSR count). The zero-order chi connectivity index (χ0) is 18.3. The normalized spacial score (nSPS) is 13.2. The van der Waals surface area contributed by atoms with Gasteiger partial charge in [0.15, 0.2) is 0 Å². The van der Waals surface area contributed by atoms with Crippen LogP contribution in [0.25, 0.3) is 0 Å². The minimum absolute atomic E-state index is 0.0792. The number of nitrogens with one attached hydrogen (secondary N) is 2. The molecule has 0 unspecified atom stereocenters. The van der Waals surface area contributed by atoms with Crippen LogP contribution in [0.5, 0.6) is 5.75 Å². The Bertz CT molecular complexity index is 583. The molecule has 0 aliphatic rings. The standard InChI is InChI=1S/C17H24N2O5/c1-10(2)8-14(18-11(3)20)16(22)19-15(17(23)24)9-12-4-6-13(21)7-5-12/h4-7,10,14-15,21H,8-9H2,1-3H3,(H,18,20)(H,19,22)(H,23,24)/t14-,15-/m0/s1. The van der Waals surface area contributed by atoms with Crippen LogP contribution < -0.4 is 10.6 Å². The van der Waals surface area contributed by atoms with Gasteiger partial charge in [0, 0.05) is 13.3 Å². The van der Waals surface area contributed by atoms with E-state index in [9.17, 15) is 24.6 Å². The molecule has 7 heteroatoms. The molecular weight excluding hydrogens is 312 g/mol. The summed E-state index contributed by atoms with van der Waals surface area (Å²) >= 11 is 0. The number of hydrogen-bond donors (Lipinski definition) is 4. The summed E-state index contributed by atoms with van der Waals surface area (Å²) in [6.07, 6.45) is 0.493. The minimum Gasteiger partial charge on any atom is -0.508 e. The first kappa shape index (κ1) is 19.5. The van der Waals surface area contributed by atoms with E-state index in [0.717, 1.165) is 0 Å². The molecule has 24 heavy (non-hydrogen) atoms. The summed E-state index contributed by atoms with van der Waals surface area (Å²) < 4.78 is 0. The SMILES string of the molecule is CC(=O)N[C@@H](CC(C)C)C(=O)N[C@@H](Cc1ccc(O)cc1)C(=O)O. The molecule has 0 aliphatic heterocycles. The summed E-state index contributed by atoms with van der Waals surface area (Å²) in [6, 6.07) is 4.20. The number of hydrogen-bond acceptors (Lipinski definition) is 4. The number of carbonyl (C=O) groups excluding carboxylic acids is 2. The van der Waals surface area contributed by atoms with Gasteiger partial charge in [-0.15, -0.1) is 0 Å². The third-order valence-corrected chi connectivity index (χ3v) is 3.39. The largest absolute Gasteiger partial charge is 0.508 e. The number of carboxylic acids is 1. The van der Waals surface area contributed by atoms with E-state index in [4.69, 9.17) is 0 Å². The molecule has 0 saturated carbocycles. The molecule has 0 spiro atoms. The summed E-state index contributed by atoms with van der Waals surface area (Å²) in [4.78, 5) is 35.0. The number of aliphatic carboxylic acids is 1. The van der Waals surface area contributed by atoms with Crippen molar-refractivity contribution in [2.24, 2.45) is 5.92 Å². The van der Waals surface area contributed by atoms with Crippen LogP contribution in [0.3, 0.4) is 0 Å². The maximum absolute atomic E-state index is 12.3. The lowest BCUT2D eigenvalue weighted by molar-refractivity contribution is -0.142. The quantitative estimate of drug-likeness (QED) is 0.566. The fourth-order valence-corrected chi connectivity index (χ4v) is 2.29. The predicted molar refractivity (Wildman–Crippen MR) is 88.4 cm³/mol. The molecule has 132 valence electrons. The van der Waals surface area contributed by atoms with Crippen LogP contribution in [-0.4, -0.2) is 40.1 Å².